The van der Waals surface area contributed by atoms with Crippen LogP contribution >= 0.6 is 11.6 Å². The van der Waals surface area contributed by atoms with Gasteiger partial charge < -0.3 is 10.1 Å². The summed E-state index contributed by atoms with van der Waals surface area (Å²) in [5, 5.41) is 8.72. The van der Waals surface area contributed by atoms with Crippen molar-refractivity contribution in [2.75, 3.05) is 19.8 Å². The summed E-state index contributed by atoms with van der Waals surface area (Å²) >= 11 is 6.35. The molecule has 5 heteroatoms. The quantitative estimate of drug-likeness (QED) is 0.872. The van der Waals surface area contributed by atoms with Crippen molar-refractivity contribution >= 4 is 11.6 Å². The molecule has 0 bridgehead atoms. The van der Waals surface area contributed by atoms with Crippen molar-refractivity contribution in [3.63, 3.8) is 0 Å². The van der Waals surface area contributed by atoms with Crippen LogP contribution in [0.15, 0.2) is 6.20 Å². The zero-order chi connectivity index (χ0) is 13.8. The van der Waals surface area contributed by atoms with Crippen LogP contribution < -0.4 is 5.32 Å². The maximum atomic E-state index is 6.35. The molecule has 1 N–H and O–H groups in total. The molecule has 0 aromatic carbocycles. The van der Waals surface area contributed by atoms with E-state index in [0.29, 0.717) is 12.0 Å². The van der Waals surface area contributed by atoms with Crippen LogP contribution in [-0.2, 0) is 4.74 Å². The average molecular weight is 286 g/mol. The van der Waals surface area contributed by atoms with E-state index < -0.39 is 0 Å². The van der Waals surface area contributed by atoms with Crippen LogP contribution in [0, 0.1) is 5.92 Å². The van der Waals surface area contributed by atoms with Crippen LogP contribution in [0.1, 0.15) is 51.4 Å². The maximum absolute atomic E-state index is 6.35. The molecule has 2 heterocycles. The number of hydrogen-bond acceptors (Lipinski definition) is 3. The van der Waals surface area contributed by atoms with Gasteiger partial charge in [-0.3, -0.25) is 4.68 Å². The van der Waals surface area contributed by atoms with Crippen LogP contribution in [0.25, 0.3) is 0 Å². The van der Waals surface area contributed by atoms with Crippen molar-refractivity contribution in [2.45, 2.75) is 45.7 Å². The van der Waals surface area contributed by atoms with Crippen LogP contribution in [0.5, 0.6) is 0 Å². The van der Waals surface area contributed by atoms with Gasteiger partial charge in [0.15, 0.2) is 0 Å². The molecule has 1 saturated heterocycles. The zero-order valence-corrected chi connectivity index (χ0v) is 12.8. The molecule has 2 rings (SSSR count). The summed E-state index contributed by atoms with van der Waals surface area (Å²) in [4.78, 5) is 0. The Morgan fingerprint density at radius 3 is 2.95 bits per heavy atom. The predicted molar refractivity (Wildman–Crippen MR) is 77.6 cm³/mol. The Morgan fingerprint density at radius 1 is 1.58 bits per heavy atom. The lowest BCUT2D eigenvalue weighted by Crippen LogP contribution is -2.27. The van der Waals surface area contributed by atoms with E-state index in [1.54, 1.807) is 6.20 Å². The van der Waals surface area contributed by atoms with E-state index in [-0.39, 0.29) is 6.04 Å². The number of nitrogens with zero attached hydrogens (tertiary/aromatic N) is 2. The van der Waals surface area contributed by atoms with Gasteiger partial charge in [0.05, 0.1) is 23.0 Å². The van der Waals surface area contributed by atoms with E-state index >= 15 is 0 Å². The summed E-state index contributed by atoms with van der Waals surface area (Å²) in [6.07, 6.45) is 3.97. The number of hydrogen-bond donors (Lipinski definition) is 1. The molecular formula is C14H24ClN3O. The molecular weight excluding hydrogens is 262 g/mol. The minimum absolute atomic E-state index is 0.258. The molecule has 1 aromatic heterocycles. The van der Waals surface area contributed by atoms with Crippen LogP contribution in [-0.4, -0.2) is 29.5 Å². The SMILES string of the molecule is CCNC(CC1CCOC1)c1c(Cl)cnn1C(C)C. The standard InChI is InChI=1S/C14H24ClN3O/c1-4-16-13(7-11-5-6-19-9-11)14-12(15)8-17-18(14)10(2)3/h8,10-11,13,16H,4-7,9H2,1-3H3. The third kappa shape index (κ3) is 3.50. The molecule has 0 radical (unpaired) electrons. The van der Waals surface area contributed by atoms with Gasteiger partial charge in [-0.05, 0) is 39.2 Å². The van der Waals surface area contributed by atoms with Crippen LogP contribution in [0.3, 0.4) is 0 Å². The maximum Gasteiger partial charge on any atom is 0.0834 e. The van der Waals surface area contributed by atoms with Crippen LogP contribution in [0.4, 0.5) is 0 Å². The highest BCUT2D eigenvalue weighted by molar-refractivity contribution is 6.31. The highest BCUT2D eigenvalue weighted by Crippen LogP contribution is 2.32. The number of halogens is 1. The normalized spacial score (nSPS) is 21.2. The van der Waals surface area contributed by atoms with Crippen molar-refractivity contribution in [1.29, 1.82) is 0 Å². The van der Waals surface area contributed by atoms with Gasteiger partial charge in [-0.2, -0.15) is 5.10 Å². The molecule has 2 unspecified atom stereocenters. The molecule has 1 aromatic rings. The van der Waals surface area contributed by atoms with E-state index in [0.717, 1.165) is 43.3 Å². The molecule has 1 fully saturated rings. The number of aromatic nitrogens is 2. The molecule has 19 heavy (non-hydrogen) atoms. The van der Waals surface area contributed by atoms with E-state index in [4.69, 9.17) is 16.3 Å². The summed E-state index contributed by atoms with van der Waals surface area (Å²) < 4.78 is 7.51. The summed E-state index contributed by atoms with van der Waals surface area (Å²) in [6, 6.07) is 0.581. The van der Waals surface area contributed by atoms with Gasteiger partial charge in [0, 0.05) is 19.3 Å². The lowest BCUT2D eigenvalue weighted by Gasteiger charge is -2.23. The average Bonchev–Trinajstić information content (AvgIpc) is 2.97. The van der Waals surface area contributed by atoms with Crippen LogP contribution in [0.2, 0.25) is 5.02 Å². The number of ether oxygens (including phenoxy) is 1. The minimum atomic E-state index is 0.258. The fourth-order valence-corrected chi connectivity index (χ4v) is 2.99. The highest BCUT2D eigenvalue weighted by Gasteiger charge is 2.26. The predicted octanol–water partition coefficient (Wildman–Crippen LogP) is 3.19. The second kappa shape index (κ2) is 6.73. The highest BCUT2D eigenvalue weighted by atomic mass is 35.5. The molecule has 0 spiro atoms. The molecule has 0 saturated carbocycles. The van der Waals surface area contributed by atoms with Gasteiger partial charge in [-0.15, -0.1) is 0 Å². The molecule has 0 amide bonds. The molecule has 4 nitrogen and oxygen atoms in total. The van der Waals surface area contributed by atoms with Gasteiger partial charge in [-0.1, -0.05) is 18.5 Å². The first-order chi connectivity index (χ1) is 9.13. The van der Waals surface area contributed by atoms with Gasteiger partial charge in [0.1, 0.15) is 0 Å². The number of rotatable bonds is 6. The third-order valence-electron chi connectivity index (χ3n) is 3.65. The second-order valence-electron chi connectivity index (χ2n) is 5.49. The largest absolute Gasteiger partial charge is 0.381 e. The van der Waals surface area contributed by atoms with Crippen molar-refractivity contribution in [2.24, 2.45) is 5.92 Å². The van der Waals surface area contributed by atoms with Gasteiger partial charge in [0.2, 0.25) is 0 Å². The zero-order valence-electron chi connectivity index (χ0n) is 12.0. The fourth-order valence-electron chi connectivity index (χ4n) is 2.73. The van der Waals surface area contributed by atoms with Gasteiger partial charge >= 0.3 is 0 Å². The van der Waals surface area contributed by atoms with Crippen molar-refractivity contribution < 1.29 is 4.74 Å². The molecule has 2 atom stereocenters. The van der Waals surface area contributed by atoms with Crippen molar-refractivity contribution in [3.05, 3.63) is 16.9 Å². The minimum Gasteiger partial charge on any atom is -0.381 e. The van der Waals surface area contributed by atoms with E-state index in [1.165, 1.54) is 0 Å². The lowest BCUT2D eigenvalue weighted by molar-refractivity contribution is 0.181. The van der Waals surface area contributed by atoms with E-state index in [1.807, 2.05) is 4.68 Å². The molecule has 108 valence electrons. The molecule has 1 aliphatic rings. The summed E-state index contributed by atoms with van der Waals surface area (Å²) in [6.45, 7) is 9.08. The Balaban J connectivity index is 2.19. The van der Waals surface area contributed by atoms with Gasteiger partial charge in [0.25, 0.3) is 0 Å². The van der Waals surface area contributed by atoms with E-state index in [9.17, 15) is 0 Å². The Kier molecular flexibility index (Phi) is 5.25. The number of nitrogens with one attached hydrogen (secondary N) is 1. The molecule has 0 aliphatic carbocycles. The topological polar surface area (TPSA) is 39.1 Å². The Bertz CT molecular complexity index is 399. The first-order valence-corrected chi connectivity index (χ1v) is 7.55. The third-order valence-corrected chi connectivity index (χ3v) is 3.94. The Hall–Kier alpha value is -0.580. The Morgan fingerprint density at radius 2 is 2.37 bits per heavy atom. The summed E-state index contributed by atoms with van der Waals surface area (Å²) in [7, 11) is 0. The second-order valence-corrected chi connectivity index (χ2v) is 5.90. The fraction of sp³-hybridized carbons (Fsp3) is 0.786. The van der Waals surface area contributed by atoms with E-state index in [2.05, 4.69) is 31.2 Å². The van der Waals surface area contributed by atoms with Crippen molar-refractivity contribution in [1.82, 2.24) is 15.1 Å². The Labute approximate surface area is 120 Å². The smallest absolute Gasteiger partial charge is 0.0834 e. The summed E-state index contributed by atoms with van der Waals surface area (Å²) in [5.41, 5.74) is 1.12. The molecule has 1 aliphatic heterocycles. The van der Waals surface area contributed by atoms with Crippen molar-refractivity contribution in [3.8, 4) is 0 Å². The first kappa shape index (κ1) is 14.8. The van der Waals surface area contributed by atoms with Gasteiger partial charge in [-0.25, -0.2) is 0 Å². The first-order valence-electron chi connectivity index (χ1n) is 7.17. The monoisotopic (exact) mass is 285 g/mol. The summed E-state index contributed by atoms with van der Waals surface area (Å²) in [5.74, 6) is 0.621. The lowest BCUT2D eigenvalue weighted by atomic mass is 9.97.